The fourth-order valence-electron chi connectivity index (χ4n) is 2.66. The van der Waals surface area contributed by atoms with E-state index in [4.69, 9.17) is 4.74 Å². The zero-order valence-corrected chi connectivity index (χ0v) is 14.7. The maximum Gasteiger partial charge on any atom is 0.164 e. The molecular formula is C20H23N3O2. The van der Waals surface area contributed by atoms with Crippen LogP contribution in [0.4, 0.5) is 5.69 Å². The maximum atomic E-state index is 12.3. The fourth-order valence-corrected chi connectivity index (χ4v) is 2.66. The number of carbonyl (C=O) groups excluding carboxylic acids is 1. The number of nitrogens with zero attached hydrogens (tertiary/aromatic N) is 2. The molecule has 0 atom stereocenters. The number of aryl methyl sites for hydroxylation is 1. The molecule has 0 fully saturated rings. The molecule has 5 nitrogen and oxygen atoms in total. The lowest BCUT2D eigenvalue weighted by Crippen LogP contribution is -2.09. The van der Waals surface area contributed by atoms with E-state index in [1.165, 1.54) is 0 Å². The molecule has 3 rings (SSSR count). The van der Waals surface area contributed by atoms with Gasteiger partial charge in [0.15, 0.2) is 5.78 Å². The summed E-state index contributed by atoms with van der Waals surface area (Å²) in [7, 11) is 1.97. The summed E-state index contributed by atoms with van der Waals surface area (Å²) in [6.07, 6.45) is 3.21. The van der Waals surface area contributed by atoms with Crippen molar-refractivity contribution in [1.82, 2.24) is 9.55 Å². The number of imidazole rings is 1. The van der Waals surface area contributed by atoms with Crippen LogP contribution in [0.5, 0.6) is 5.75 Å². The summed E-state index contributed by atoms with van der Waals surface area (Å²) in [5, 5.41) is 3.31. The Kier molecular flexibility index (Phi) is 5.33. The number of anilines is 1. The average Bonchev–Trinajstić information content (AvgIpc) is 3.01. The molecule has 3 aromatic rings. The van der Waals surface area contributed by atoms with E-state index in [-0.39, 0.29) is 5.78 Å². The van der Waals surface area contributed by atoms with E-state index < -0.39 is 0 Å². The Balaban J connectivity index is 1.53. The number of fused-ring (bicyclic) bond motifs is 1. The Labute approximate surface area is 147 Å². The smallest absolute Gasteiger partial charge is 0.164 e. The highest BCUT2D eigenvalue weighted by atomic mass is 16.5. The predicted octanol–water partition coefficient (Wildman–Crippen LogP) is 4.05. The minimum Gasteiger partial charge on any atom is -0.494 e. The van der Waals surface area contributed by atoms with Crippen LogP contribution in [0.2, 0.25) is 0 Å². The third-order valence-electron chi connectivity index (χ3n) is 4.06. The van der Waals surface area contributed by atoms with Crippen LogP contribution in [0.15, 0.2) is 48.8 Å². The molecule has 2 aromatic carbocycles. The number of rotatable bonds is 8. The third kappa shape index (κ3) is 4.18. The molecule has 0 unspecified atom stereocenters. The van der Waals surface area contributed by atoms with E-state index in [1.807, 2.05) is 54.1 Å². The topological polar surface area (TPSA) is 56.1 Å². The Morgan fingerprint density at radius 3 is 2.76 bits per heavy atom. The molecule has 0 amide bonds. The first-order chi connectivity index (χ1) is 12.2. The lowest BCUT2D eigenvalue weighted by molar-refractivity contribution is 0.0986. The molecule has 5 heteroatoms. The van der Waals surface area contributed by atoms with Gasteiger partial charge in [-0.3, -0.25) is 4.79 Å². The lowest BCUT2D eigenvalue weighted by Gasteiger charge is -2.08. The summed E-state index contributed by atoms with van der Waals surface area (Å²) in [5.74, 6) is 0.928. The minimum atomic E-state index is 0.121. The quantitative estimate of drug-likeness (QED) is 0.630. The van der Waals surface area contributed by atoms with Crippen molar-refractivity contribution in [2.75, 3.05) is 18.5 Å². The summed E-state index contributed by atoms with van der Waals surface area (Å²) in [4.78, 5) is 16.6. The summed E-state index contributed by atoms with van der Waals surface area (Å²) in [5.41, 5.74) is 3.74. The molecule has 1 aromatic heterocycles. The second-order valence-corrected chi connectivity index (χ2v) is 6.03. The van der Waals surface area contributed by atoms with Crippen LogP contribution < -0.4 is 10.1 Å². The second kappa shape index (κ2) is 7.83. The number of Topliss-reactive ketones (excluding diaryl/α,β-unsaturated/α-hetero) is 1. The summed E-state index contributed by atoms with van der Waals surface area (Å²) in [6.45, 7) is 3.35. The highest BCUT2D eigenvalue weighted by molar-refractivity contribution is 5.96. The van der Waals surface area contributed by atoms with Crippen molar-refractivity contribution in [1.29, 1.82) is 0 Å². The van der Waals surface area contributed by atoms with Crippen molar-refractivity contribution >= 4 is 22.5 Å². The number of hydrogen-bond acceptors (Lipinski definition) is 4. The predicted molar refractivity (Wildman–Crippen MR) is 100 cm³/mol. The minimum absolute atomic E-state index is 0.121. The number of ether oxygens (including phenoxy) is 1. The van der Waals surface area contributed by atoms with Crippen molar-refractivity contribution in [3.05, 3.63) is 54.4 Å². The van der Waals surface area contributed by atoms with Gasteiger partial charge in [0.2, 0.25) is 0 Å². The van der Waals surface area contributed by atoms with Gasteiger partial charge in [0.05, 0.1) is 24.0 Å². The summed E-state index contributed by atoms with van der Waals surface area (Å²) >= 11 is 0. The number of ketones is 1. The molecule has 0 aliphatic carbocycles. The Morgan fingerprint density at radius 1 is 1.20 bits per heavy atom. The molecule has 0 aliphatic heterocycles. The van der Waals surface area contributed by atoms with Crippen LogP contribution >= 0.6 is 0 Å². The van der Waals surface area contributed by atoms with Gasteiger partial charge in [0.1, 0.15) is 5.75 Å². The molecule has 0 aliphatic rings. The van der Waals surface area contributed by atoms with Gasteiger partial charge in [0, 0.05) is 31.3 Å². The standard InChI is InChI=1S/C20H23N3O2/c1-3-12-25-17-7-4-15(5-8-17)20(24)10-11-21-16-6-9-18-19(13-16)23(2)14-22-18/h4-9,13-14,21H,3,10-12H2,1-2H3. The van der Waals surface area contributed by atoms with Crippen LogP contribution in [0.1, 0.15) is 30.1 Å². The van der Waals surface area contributed by atoms with Gasteiger partial charge in [-0.25, -0.2) is 4.98 Å². The highest BCUT2D eigenvalue weighted by Gasteiger charge is 2.07. The zero-order chi connectivity index (χ0) is 17.6. The monoisotopic (exact) mass is 337 g/mol. The Morgan fingerprint density at radius 2 is 2.00 bits per heavy atom. The van der Waals surface area contributed by atoms with E-state index in [0.717, 1.165) is 28.9 Å². The molecule has 0 radical (unpaired) electrons. The number of benzene rings is 2. The zero-order valence-electron chi connectivity index (χ0n) is 14.7. The Hall–Kier alpha value is -2.82. The largest absolute Gasteiger partial charge is 0.494 e. The van der Waals surface area contributed by atoms with Crippen molar-refractivity contribution in [3.63, 3.8) is 0 Å². The first-order valence-corrected chi connectivity index (χ1v) is 8.58. The first kappa shape index (κ1) is 17.0. The third-order valence-corrected chi connectivity index (χ3v) is 4.06. The molecule has 1 N–H and O–H groups in total. The normalized spacial score (nSPS) is 10.8. The summed E-state index contributed by atoms with van der Waals surface area (Å²) in [6, 6.07) is 13.4. The van der Waals surface area contributed by atoms with E-state index in [0.29, 0.717) is 25.1 Å². The van der Waals surface area contributed by atoms with Gasteiger partial charge in [-0.05, 0) is 48.9 Å². The maximum absolute atomic E-state index is 12.3. The van der Waals surface area contributed by atoms with E-state index in [1.54, 1.807) is 6.33 Å². The van der Waals surface area contributed by atoms with E-state index >= 15 is 0 Å². The number of aromatic nitrogens is 2. The highest BCUT2D eigenvalue weighted by Crippen LogP contribution is 2.18. The van der Waals surface area contributed by atoms with Gasteiger partial charge < -0.3 is 14.6 Å². The van der Waals surface area contributed by atoms with Gasteiger partial charge in [-0.2, -0.15) is 0 Å². The molecule has 130 valence electrons. The number of hydrogen-bond donors (Lipinski definition) is 1. The molecule has 0 spiro atoms. The first-order valence-electron chi connectivity index (χ1n) is 8.58. The van der Waals surface area contributed by atoms with Gasteiger partial charge >= 0.3 is 0 Å². The van der Waals surface area contributed by atoms with Crippen LogP contribution in [-0.2, 0) is 7.05 Å². The average molecular weight is 337 g/mol. The van der Waals surface area contributed by atoms with Crippen LogP contribution in [0, 0.1) is 0 Å². The van der Waals surface area contributed by atoms with E-state index in [9.17, 15) is 4.79 Å². The molecular weight excluding hydrogens is 314 g/mol. The van der Waals surface area contributed by atoms with Gasteiger partial charge in [0.25, 0.3) is 0 Å². The molecule has 0 saturated carbocycles. The number of nitrogens with one attached hydrogen (secondary N) is 1. The van der Waals surface area contributed by atoms with Crippen LogP contribution in [0.25, 0.3) is 11.0 Å². The van der Waals surface area contributed by atoms with E-state index in [2.05, 4.69) is 17.2 Å². The number of carbonyl (C=O) groups is 1. The SMILES string of the molecule is CCCOc1ccc(C(=O)CCNc2ccc3ncn(C)c3c2)cc1. The van der Waals surface area contributed by atoms with Crippen molar-refractivity contribution in [2.24, 2.45) is 7.05 Å². The molecule has 0 bridgehead atoms. The fraction of sp³-hybridized carbons (Fsp3) is 0.300. The summed E-state index contributed by atoms with van der Waals surface area (Å²) < 4.78 is 7.52. The van der Waals surface area contributed by atoms with Crippen molar-refractivity contribution in [3.8, 4) is 5.75 Å². The van der Waals surface area contributed by atoms with Crippen molar-refractivity contribution in [2.45, 2.75) is 19.8 Å². The molecule has 25 heavy (non-hydrogen) atoms. The van der Waals surface area contributed by atoms with Crippen LogP contribution in [-0.4, -0.2) is 28.5 Å². The Bertz CT molecular complexity index is 853. The van der Waals surface area contributed by atoms with Crippen molar-refractivity contribution < 1.29 is 9.53 Å². The van der Waals surface area contributed by atoms with Gasteiger partial charge in [-0.1, -0.05) is 6.92 Å². The van der Waals surface area contributed by atoms with Crippen LogP contribution in [0.3, 0.4) is 0 Å². The second-order valence-electron chi connectivity index (χ2n) is 6.03. The molecule has 1 heterocycles. The lowest BCUT2D eigenvalue weighted by atomic mass is 10.1. The van der Waals surface area contributed by atoms with Gasteiger partial charge in [-0.15, -0.1) is 0 Å². The molecule has 0 saturated heterocycles.